The lowest BCUT2D eigenvalue weighted by atomic mass is 10.2. The van der Waals surface area contributed by atoms with Gasteiger partial charge in [-0.2, -0.15) is 0 Å². The number of ether oxygens (including phenoxy) is 1. The molecule has 0 bridgehead atoms. The molecule has 0 saturated carbocycles. The Hall–Kier alpha value is -1.07. The van der Waals surface area contributed by atoms with E-state index < -0.39 is 0 Å². The standard InChI is InChI=1S/C10H18N4O/c1-8-7-15-9(5-11)6-14(8)10-12-3-4-13(10)2/h3-4,8-9H,5-7,11H2,1-2H3. The molecule has 2 atom stereocenters. The van der Waals surface area contributed by atoms with Crippen molar-refractivity contribution in [2.75, 3.05) is 24.6 Å². The van der Waals surface area contributed by atoms with Gasteiger partial charge in [-0.15, -0.1) is 0 Å². The third kappa shape index (κ3) is 1.98. The monoisotopic (exact) mass is 210 g/mol. The highest BCUT2D eigenvalue weighted by Crippen LogP contribution is 2.18. The molecule has 1 aromatic heterocycles. The first-order chi connectivity index (χ1) is 7.22. The van der Waals surface area contributed by atoms with Crippen molar-refractivity contribution in [3.05, 3.63) is 12.4 Å². The van der Waals surface area contributed by atoms with E-state index in [2.05, 4.69) is 16.8 Å². The summed E-state index contributed by atoms with van der Waals surface area (Å²) in [5.74, 6) is 0.990. The predicted octanol–water partition coefficient (Wildman–Crippen LogP) is -0.0275. The maximum atomic E-state index is 5.62. The Balaban J connectivity index is 2.16. The topological polar surface area (TPSA) is 56.3 Å². The number of imidazole rings is 1. The quantitative estimate of drug-likeness (QED) is 0.745. The minimum Gasteiger partial charge on any atom is -0.373 e. The number of aromatic nitrogens is 2. The average Bonchev–Trinajstić information content (AvgIpc) is 2.65. The fraction of sp³-hybridized carbons (Fsp3) is 0.700. The van der Waals surface area contributed by atoms with Crippen molar-refractivity contribution in [1.82, 2.24) is 9.55 Å². The number of hydrogen-bond acceptors (Lipinski definition) is 4. The summed E-state index contributed by atoms with van der Waals surface area (Å²) in [5, 5.41) is 0. The highest BCUT2D eigenvalue weighted by molar-refractivity contribution is 5.33. The first-order valence-electron chi connectivity index (χ1n) is 5.28. The van der Waals surface area contributed by atoms with Crippen LogP contribution in [0.3, 0.4) is 0 Å². The second-order valence-corrected chi connectivity index (χ2v) is 4.03. The van der Waals surface area contributed by atoms with E-state index in [0.717, 1.165) is 12.5 Å². The maximum Gasteiger partial charge on any atom is 0.205 e. The van der Waals surface area contributed by atoms with Crippen LogP contribution in [0.5, 0.6) is 0 Å². The number of nitrogens with zero attached hydrogens (tertiary/aromatic N) is 3. The Morgan fingerprint density at radius 2 is 2.47 bits per heavy atom. The van der Waals surface area contributed by atoms with Crippen LogP contribution in [-0.2, 0) is 11.8 Å². The van der Waals surface area contributed by atoms with Crippen molar-refractivity contribution in [2.24, 2.45) is 12.8 Å². The third-order valence-corrected chi connectivity index (χ3v) is 2.82. The minimum absolute atomic E-state index is 0.123. The molecule has 5 nitrogen and oxygen atoms in total. The molecule has 1 aliphatic rings. The first-order valence-corrected chi connectivity index (χ1v) is 5.28. The van der Waals surface area contributed by atoms with Crippen LogP contribution in [-0.4, -0.2) is 41.4 Å². The van der Waals surface area contributed by atoms with Gasteiger partial charge in [0.1, 0.15) is 0 Å². The van der Waals surface area contributed by atoms with Gasteiger partial charge in [0.15, 0.2) is 0 Å². The number of nitrogens with two attached hydrogens (primary N) is 1. The second-order valence-electron chi connectivity index (χ2n) is 4.03. The molecule has 1 aromatic rings. The number of aryl methyl sites for hydroxylation is 1. The van der Waals surface area contributed by atoms with Crippen molar-refractivity contribution >= 4 is 5.95 Å². The molecule has 0 aromatic carbocycles. The van der Waals surface area contributed by atoms with E-state index in [1.807, 2.05) is 24.0 Å². The largest absolute Gasteiger partial charge is 0.373 e. The normalized spacial score (nSPS) is 27.0. The van der Waals surface area contributed by atoms with Gasteiger partial charge in [-0.25, -0.2) is 4.98 Å². The number of anilines is 1. The van der Waals surface area contributed by atoms with Gasteiger partial charge in [0.05, 0.1) is 18.8 Å². The zero-order valence-corrected chi connectivity index (χ0v) is 9.26. The molecule has 0 aliphatic carbocycles. The van der Waals surface area contributed by atoms with Crippen molar-refractivity contribution < 1.29 is 4.74 Å². The fourth-order valence-electron chi connectivity index (χ4n) is 1.87. The summed E-state index contributed by atoms with van der Waals surface area (Å²) in [6.07, 6.45) is 3.89. The van der Waals surface area contributed by atoms with Crippen molar-refractivity contribution in [3.8, 4) is 0 Å². The van der Waals surface area contributed by atoms with E-state index in [1.54, 1.807) is 0 Å². The van der Waals surface area contributed by atoms with Gasteiger partial charge in [-0.1, -0.05) is 0 Å². The van der Waals surface area contributed by atoms with Crippen LogP contribution in [0, 0.1) is 0 Å². The van der Waals surface area contributed by atoms with Crippen LogP contribution in [0.15, 0.2) is 12.4 Å². The molecular weight excluding hydrogens is 192 g/mol. The summed E-state index contributed by atoms with van der Waals surface area (Å²) in [5.41, 5.74) is 5.62. The molecule has 5 heteroatoms. The van der Waals surface area contributed by atoms with Gasteiger partial charge in [0, 0.05) is 32.5 Å². The smallest absolute Gasteiger partial charge is 0.205 e. The minimum atomic E-state index is 0.123. The summed E-state index contributed by atoms with van der Waals surface area (Å²) < 4.78 is 7.63. The van der Waals surface area contributed by atoms with Crippen LogP contribution in [0.4, 0.5) is 5.95 Å². The lowest BCUT2D eigenvalue weighted by molar-refractivity contribution is 0.0274. The highest BCUT2D eigenvalue weighted by atomic mass is 16.5. The number of hydrogen-bond donors (Lipinski definition) is 1. The molecular formula is C10H18N4O. The number of rotatable bonds is 2. The average molecular weight is 210 g/mol. The van der Waals surface area contributed by atoms with Crippen LogP contribution < -0.4 is 10.6 Å². The Bertz CT molecular complexity index is 325. The maximum absolute atomic E-state index is 5.62. The van der Waals surface area contributed by atoms with E-state index in [9.17, 15) is 0 Å². The summed E-state index contributed by atoms with van der Waals surface area (Å²) in [6, 6.07) is 0.355. The molecule has 2 rings (SSSR count). The van der Waals surface area contributed by atoms with Gasteiger partial charge in [0.2, 0.25) is 5.95 Å². The fourth-order valence-corrected chi connectivity index (χ4v) is 1.87. The van der Waals surface area contributed by atoms with E-state index in [0.29, 0.717) is 19.2 Å². The molecule has 1 aliphatic heterocycles. The second kappa shape index (κ2) is 4.20. The van der Waals surface area contributed by atoms with Crippen LogP contribution in [0.25, 0.3) is 0 Å². The molecule has 0 radical (unpaired) electrons. The summed E-state index contributed by atoms with van der Waals surface area (Å²) in [7, 11) is 2.00. The van der Waals surface area contributed by atoms with Crippen molar-refractivity contribution in [3.63, 3.8) is 0 Å². The van der Waals surface area contributed by atoms with Crippen LogP contribution >= 0.6 is 0 Å². The Kier molecular flexibility index (Phi) is 2.93. The third-order valence-electron chi connectivity index (χ3n) is 2.82. The molecule has 0 amide bonds. The summed E-state index contributed by atoms with van der Waals surface area (Å²) in [4.78, 5) is 6.60. The van der Waals surface area contributed by atoms with Gasteiger partial charge < -0.3 is 19.9 Å². The molecule has 0 spiro atoms. The zero-order valence-electron chi connectivity index (χ0n) is 9.26. The Morgan fingerprint density at radius 3 is 3.07 bits per heavy atom. The Morgan fingerprint density at radius 1 is 1.67 bits per heavy atom. The molecule has 1 saturated heterocycles. The van der Waals surface area contributed by atoms with Gasteiger partial charge in [-0.3, -0.25) is 0 Å². The van der Waals surface area contributed by atoms with Gasteiger partial charge >= 0.3 is 0 Å². The number of morpholine rings is 1. The van der Waals surface area contributed by atoms with Gasteiger partial charge in [0.25, 0.3) is 0 Å². The predicted molar refractivity (Wildman–Crippen MR) is 58.8 cm³/mol. The molecule has 1 fully saturated rings. The summed E-state index contributed by atoms with van der Waals surface area (Å²) in [6.45, 7) is 4.24. The lowest BCUT2D eigenvalue weighted by Gasteiger charge is -2.38. The van der Waals surface area contributed by atoms with E-state index in [1.165, 1.54) is 0 Å². The molecule has 2 heterocycles. The lowest BCUT2D eigenvalue weighted by Crippen LogP contribution is -2.51. The van der Waals surface area contributed by atoms with Crippen molar-refractivity contribution in [1.29, 1.82) is 0 Å². The SMILES string of the molecule is CC1COC(CN)CN1c1nccn1C. The molecule has 84 valence electrons. The van der Waals surface area contributed by atoms with E-state index in [-0.39, 0.29) is 6.10 Å². The van der Waals surface area contributed by atoms with Gasteiger partial charge in [-0.05, 0) is 6.92 Å². The van der Waals surface area contributed by atoms with Crippen LogP contribution in [0.2, 0.25) is 0 Å². The van der Waals surface area contributed by atoms with Crippen LogP contribution in [0.1, 0.15) is 6.92 Å². The molecule has 2 N–H and O–H groups in total. The molecule has 2 unspecified atom stereocenters. The Labute approximate surface area is 89.8 Å². The van der Waals surface area contributed by atoms with E-state index >= 15 is 0 Å². The molecule has 15 heavy (non-hydrogen) atoms. The van der Waals surface area contributed by atoms with E-state index in [4.69, 9.17) is 10.5 Å². The summed E-state index contributed by atoms with van der Waals surface area (Å²) >= 11 is 0. The van der Waals surface area contributed by atoms with Crippen molar-refractivity contribution in [2.45, 2.75) is 19.1 Å². The highest BCUT2D eigenvalue weighted by Gasteiger charge is 2.27. The zero-order chi connectivity index (χ0) is 10.8. The first kappa shape index (κ1) is 10.4.